The highest BCUT2D eigenvalue weighted by Crippen LogP contribution is 2.22. The van der Waals surface area contributed by atoms with Gasteiger partial charge in [-0.15, -0.1) is 0 Å². The molecule has 3 heteroatoms. The monoisotopic (exact) mass is 186 g/mol. The maximum absolute atomic E-state index is 9.21. The van der Waals surface area contributed by atoms with Crippen molar-refractivity contribution in [1.82, 2.24) is 9.80 Å². The van der Waals surface area contributed by atoms with Gasteiger partial charge in [0.05, 0.1) is 6.61 Å². The van der Waals surface area contributed by atoms with Crippen LogP contribution in [0.2, 0.25) is 0 Å². The van der Waals surface area contributed by atoms with Crippen LogP contribution < -0.4 is 0 Å². The van der Waals surface area contributed by atoms with Crippen LogP contribution in [-0.2, 0) is 0 Å². The maximum atomic E-state index is 9.21. The van der Waals surface area contributed by atoms with Crippen LogP contribution in [0.4, 0.5) is 0 Å². The third-order valence-corrected chi connectivity index (χ3v) is 3.43. The first-order valence-electron chi connectivity index (χ1n) is 4.99. The van der Waals surface area contributed by atoms with Crippen LogP contribution in [0.25, 0.3) is 0 Å². The Morgan fingerprint density at radius 3 is 2.54 bits per heavy atom. The molecule has 1 unspecified atom stereocenters. The van der Waals surface area contributed by atoms with E-state index in [1.807, 2.05) is 0 Å². The Balaban J connectivity index is 2.68. The molecule has 0 aromatic heterocycles. The summed E-state index contributed by atoms with van der Waals surface area (Å²) in [5.41, 5.74) is 0.262. The molecule has 0 aromatic rings. The van der Waals surface area contributed by atoms with Gasteiger partial charge in [-0.25, -0.2) is 0 Å². The van der Waals surface area contributed by atoms with Gasteiger partial charge in [0, 0.05) is 24.7 Å². The Morgan fingerprint density at radius 2 is 2.00 bits per heavy atom. The van der Waals surface area contributed by atoms with E-state index in [9.17, 15) is 5.11 Å². The molecule has 1 rings (SSSR count). The van der Waals surface area contributed by atoms with E-state index in [-0.39, 0.29) is 12.1 Å². The number of rotatable bonds is 1. The fourth-order valence-electron chi connectivity index (χ4n) is 1.72. The van der Waals surface area contributed by atoms with E-state index in [4.69, 9.17) is 0 Å². The molecule has 0 spiro atoms. The smallest absolute Gasteiger partial charge is 0.0599 e. The third kappa shape index (κ3) is 2.42. The average Bonchev–Trinajstić information content (AvgIpc) is 2.17. The van der Waals surface area contributed by atoms with Gasteiger partial charge >= 0.3 is 0 Å². The topological polar surface area (TPSA) is 26.7 Å². The summed E-state index contributed by atoms with van der Waals surface area (Å²) in [6.45, 7) is 6.82. The molecule has 0 amide bonds. The highest BCUT2D eigenvalue weighted by atomic mass is 16.3. The summed E-state index contributed by atoms with van der Waals surface area (Å²) in [6.07, 6.45) is 1.16. The Bertz CT molecular complexity index is 170. The van der Waals surface area contributed by atoms with Crippen LogP contribution in [-0.4, -0.2) is 60.3 Å². The molecule has 0 saturated carbocycles. The van der Waals surface area contributed by atoms with E-state index < -0.39 is 0 Å². The second-order valence-electron chi connectivity index (χ2n) is 4.76. The summed E-state index contributed by atoms with van der Waals surface area (Å²) < 4.78 is 0. The molecule has 1 heterocycles. The molecule has 1 saturated heterocycles. The van der Waals surface area contributed by atoms with Gasteiger partial charge in [0.2, 0.25) is 0 Å². The Kier molecular flexibility index (Phi) is 3.33. The molecular weight excluding hydrogens is 164 g/mol. The van der Waals surface area contributed by atoms with Gasteiger partial charge in [-0.05, 0) is 34.4 Å². The molecule has 13 heavy (non-hydrogen) atoms. The number of hydrogen-bond acceptors (Lipinski definition) is 3. The second kappa shape index (κ2) is 3.95. The number of hydrogen-bond donors (Lipinski definition) is 1. The lowest BCUT2D eigenvalue weighted by atomic mass is 9.99. The van der Waals surface area contributed by atoms with E-state index in [0.717, 1.165) is 19.5 Å². The lowest BCUT2D eigenvalue weighted by Crippen LogP contribution is -2.45. The lowest BCUT2D eigenvalue weighted by molar-refractivity contribution is 0.115. The quantitative estimate of drug-likeness (QED) is 0.642. The van der Waals surface area contributed by atoms with E-state index >= 15 is 0 Å². The van der Waals surface area contributed by atoms with Crippen LogP contribution in [0.3, 0.4) is 0 Å². The number of likely N-dealkylation sites (N-methyl/N-ethyl adjacent to an activating group) is 2. The second-order valence-corrected chi connectivity index (χ2v) is 4.76. The predicted octanol–water partition coefficient (Wildman–Crippen LogP) is 0.393. The highest BCUT2D eigenvalue weighted by molar-refractivity contribution is 4.87. The molecule has 0 aliphatic carbocycles. The van der Waals surface area contributed by atoms with Crippen molar-refractivity contribution in [3.8, 4) is 0 Å². The molecule has 1 aliphatic rings. The molecule has 78 valence electrons. The minimum Gasteiger partial charge on any atom is -0.395 e. The van der Waals surface area contributed by atoms with Crippen LogP contribution >= 0.6 is 0 Å². The predicted molar refractivity (Wildman–Crippen MR) is 54.8 cm³/mol. The maximum Gasteiger partial charge on any atom is 0.0599 e. The van der Waals surface area contributed by atoms with Gasteiger partial charge < -0.3 is 5.11 Å². The number of aliphatic hydroxyl groups excluding tert-OH is 1. The zero-order valence-electron chi connectivity index (χ0n) is 9.25. The fourth-order valence-corrected chi connectivity index (χ4v) is 1.72. The first-order valence-corrected chi connectivity index (χ1v) is 4.99. The normalized spacial score (nSPS) is 31.6. The first-order chi connectivity index (χ1) is 5.97. The van der Waals surface area contributed by atoms with Gasteiger partial charge in [0.1, 0.15) is 0 Å². The van der Waals surface area contributed by atoms with Gasteiger partial charge in [-0.3, -0.25) is 9.80 Å². The van der Waals surface area contributed by atoms with Gasteiger partial charge in [0.15, 0.2) is 0 Å². The van der Waals surface area contributed by atoms with Crippen molar-refractivity contribution in [3.63, 3.8) is 0 Å². The Labute approximate surface area is 81.3 Å². The highest BCUT2D eigenvalue weighted by Gasteiger charge is 2.30. The minimum atomic E-state index is 0.261. The van der Waals surface area contributed by atoms with Crippen LogP contribution in [0.1, 0.15) is 20.3 Å². The van der Waals surface area contributed by atoms with Crippen molar-refractivity contribution >= 4 is 0 Å². The van der Waals surface area contributed by atoms with Gasteiger partial charge in [-0.2, -0.15) is 0 Å². The van der Waals surface area contributed by atoms with Crippen LogP contribution in [0.15, 0.2) is 0 Å². The largest absolute Gasteiger partial charge is 0.395 e. The molecule has 1 aliphatic heterocycles. The lowest BCUT2D eigenvalue weighted by Gasteiger charge is -2.34. The van der Waals surface area contributed by atoms with Gasteiger partial charge in [0.25, 0.3) is 0 Å². The van der Waals surface area contributed by atoms with Gasteiger partial charge in [-0.1, -0.05) is 0 Å². The molecule has 0 aromatic carbocycles. The standard InChI is InChI=1S/C10H22N2O/c1-10(2)5-6-11(3)9(8-13)7-12(10)4/h9,13H,5-8H2,1-4H3. The Hall–Kier alpha value is -0.120. The Morgan fingerprint density at radius 1 is 1.38 bits per heavy atom. The third-order valence-electron chi connectivity index (χ3n) is 3.43. The van der Waals surface area contributed by atoms with Crippen molar-refractivity contribution in [2.75, 3.05) is 33.8 Å². The molecule has 1 N–H and O–H groups in total. The first kappa shape index (κ1) is 11.0. The zero-order valence-corrected chi connectivity index (χ0v) is 9.25. The molecule has 0 radical (unpaired) electrons. The molecule has 3 nitrogen and oxygen atoms in total. The van der Waals surface area contributed by atoms with Crippen molar-refractivity contribution in [2.24, 2.45) is 0 Å². The number of aliphatic hydroxyl groups is 1. The summed E-state index contributed by atoms with van der Waals surface area (Å²) in [5.74, 6) is 0. The fraction of sp³-hybridized carbons (Fsp3) is 1.00. The van der Waals surface area contributed by atoms with Crippen LogP contribution in [0.5, 0.6) is 0 Å². The zero-order chi connectivity index (χ0) is 10.1. The summed E-state index contributed by atoms with van der Waals surface area (Å²) in [7, 11) is 4.23. The van der Waals surface area contributed by atoms with E-state index in [1.54, 1.807) is 0 Å². The van der Waals surface area contributed by atoms with Crippen molar-refractivity contribution in [1.29, 1.82) is 0 Å². The summed E-state index contributed by atoms with van der Waals surface area (Å²) in [4.78, 5) is 4.60. The molecule has 0 bridgehead atoms. The SMILES string of the molecule is CN1CCC(C)(C)N(C)CC1CO. The summed E-state index contributed by atoms with van der Waals surface area (Å²) in [6, 6.07) is 0.298. The summed E-state index contributed by atoms with van der Waals surface area (Å²) in [5, 5.41) is 9.21. The minimum absolute atomic E-state index is 0.261. The summed E-state index contributed by atoms with van der Waals surface area (Å²) >= 11 is 0. The average molecular weight is 186 g/mol. The van der Waals surface area contributed by atoms with E-state index in [0.29, 0.717) is 6.04 Å². The van der Waals surface area contributed by atoms with Crippen molar-refractivity contribution in [3.05, 3.63) is 0 Å². The number of nitrogens with zero attached hydrogens (tertiary/aromatic N) is 2. The van der Waals surface area contributed by atoms with E-state index in [1.165, 1.54) is 0 Å². The molecular formula is C10H22N2O. The van der Waals surface area contributed by atoms with Crippen molar-refractivity contribution in [2.45, 2.75) is 31.8 Å². The van der Waals surface area contributed by atoms with E-state index in [2.05, 4.69) is 37.7 Å². The molecule has 1 atom stereocenters. The molecule has 1 fully saturated rings. The van der Waals surface area contributed by atoms with Crippen molar-refractivity contribution < 1.29 is 5.11 Å². The van der Waals surface area contributed by atoms with Crippen LogP contribution in [0, 0.1) is 0 Å².